The van der Waals surface area contributed by atoms with Gasteiger partial charge in [0.2, 0.25) is 11.3 Å². The summed E-state index contributed by atoms with van der Waals surface area (Å²) in [5, 5.41) is 9.49. The minimum absolute atomic E-state index is 0.0507. The fraction of sp³-hybridized carbons (Fsp3) is 0.400. The standard InChI is InChI=1S/C20H25N3O5/c1-27-17-5-3-15(4-6-17)21-7-9-22(10-8-21)20(26)13-23-12-19(28-2)18(25)11-16(23)14-24/h3-6,11-12,24H,7-10,13-14H2,1-2H3. The largest absolute Gasteiger partial charge is 0.497 e. The number of ether oxygens (including phenoxy) is 2. The maximum Gasteiger partial charge on any atom is 0.242 e. The van der Waals surface area contributed by atoms with Gasteiger partial charge in [-0.1, -0.05) is 0 Å². The molecule has 8 nitrogen and oxygen atoms in total. The molecule has 1 aliphatic rings. The van der Waals surface area contributed by atoms with Crippen LogP contribution in [0.25, 0.3) is 0 Å². The van der Waals surface area contributed by atoms with Crippen LogP contribution in [0.15, 0.2) is 41.3 Å². The molecule has 0 atom stereocenters. The Morgan fingerprint density at radius 1 is 1.07 bits per heavy atom. The van der Waals surface area contributed by atoms with Crippen LogP contribution in [0.1, 0.15) is 5.69 Å². The van der Waals surface area contributed by atoms with Crippen molar-refractivity contribution in [1.29, 1.82) is 0 Å². The highest BCUT2D eigenvalue weighted by atomic mass is 16.5. The average Bonchev–Trinajstić information content (AvgIpc) is 2.74. The third-order valence-corrected chi connectivity index (χ3v) is 4.94. The lowest BCUT2D eigenvalue weighted by atomic mass is 10.2. The lowest BCUT2D eigenvalue weighted by Gasteiger charge is -2.36. The van der Waals surface area contributed by atoms with E-state index in [1.807, 2.05) is 24.3 Å². The Hall–Kier alpha value is -3.00. The van der Waals surface area contributed by atoms with Gasteiger partial charge in [0.15, 0.2) is 5.75 Å². The lowest BCUT2D eigenvalue weighted by molar-refractivity contribution is -0.132. The number of benzene rings is 1. The first kappa shape index (κ1) is 19.8. The second-order valence-corrected chi connectivity index (χ2v) is 6.55. The second-order valence-electron chi connectivity index (χ2n) is 6.55. The topological polar surface area (TPSA) is 84.2 Å². The summed E-state index contributed by atoms with van der Waals surface area (Å²) in [4.78, 5) is 28.6. The number of rotatable bonds is 6. The molecule has 0 saturated carbocycles. The molecule has 1 fully saturated rings. The Labute approximate surface area is 163 Å². The fourth-order valence-corrected chi connectivity index (χ4v) is 3.28. The number of amides is 1. The Morgan fingerprint density at radius 2 is 1.75 bits per heavy atom. The number of methoxy groups -OCH3 is 2. The quantitative estimate of drug-likeness (QED) is 0.786. The summed E-state index contributed by atoms with van der Waals surface area (Å²) in [5.74, 6) is 0.901. The highest BCUT2D eigenvalue weighted by Gasteiger charge is 2.22. The Balaban J connectivity index is 1.63. The first-order chi connectivity index (χ1) is 13.5. The number of hydrogen-bond acceptors (Lipinski definition) is 6. The van der Waals surface area contributed by atoms with Crippen LogP contribution in [-0.2, 0) is 17.9 Å². The van der Waals surface area contributed by atoms with Gasteiger partial charge in [0.1, 0.15) is 12.3 Å². The molecule has 0 spiro atoms. The molecule has 0 bridgehead atoms. The van der Waals surface area contributed by atoms with Crippen LogP contribution >= 0.6 is 0 Å². The molecule has 0 radical (unpaired) electrons. The van der Waals surface area contributed by atoms with Crippen molar-refractivity contribution in [3.05, 3.63) is 52.4 Å². The maximum atomic E-state index is 12.7. The predicted octanol–water partition coefficient (Wildman–Crippen LogP) is 0.707. The van der Waals surface area contributed by atoms with Crippen molar-refractivity contribution in [3.63, 3.8) is 0 Å². The van der Waals surface area contributed by atoms with E-state index in [2.05, 4.69) is 4.90 Å². The minimum Gasteiger partial charge on any atom is -0.497 e. The molecule has 2 heterocycles. The Kier molecular flexibility index (Phi) is 6.20. The van der Waals surface area contributed by atoms with Crippen LogP contribution in [0.4, 0.5) is 5.69 Å². The predicted molar refractivity (Wildman–Crippen MR) is 105 cm³/mol. The highest BCUT2D eigenvalue weighted by Crippen LogP contribution is 2.20. The second kappa shape index (κ2) is 8.79. The number of aliphatic hydroxyl groups is 1. The zero-order valence-corrected chi connectivity index (χ0v) is 16.1. The number of pyridine rings is 1. The molecule has 28 heavy (non-hydrogen) atoms. The van der Waals surface area contributed by atoms with Crippen molar-refractivity contribution >= 4 is 11.6 Å². The fourth-order valence-electron chi connectivity index (χ4n) is 3.28. The van der Waals surface area contributed by atoms with Crippen LogP contribution in [-0.4, -0.2) is 60.9 Å². The number of nitrogens with zero attached hydrogens (tertiary/aromatic N) is 3. The van der Waals surface area contributed by atoms with Crippen molar-refractivity contribution in [2.75, 3.05) is 45.3 Å². The van der Waals surface area contributed by atoms with Gasteiger partial charge in [-0.25, -0.2) is 0 Å². The van der Waals surface area contributed by atoms with Gasteiger partial charge < -0.3 is 28.9 Å². The number of piperazine rings is 1. The van der Waals surface area contributed by atoms with Crippen LogP contribution in [0.5, 0.6) is 11.5 Å². The third kappa shape index (κ3) is 4.28. The molecule has 2 aromatic rings. The van der Waals surface area contributed by atoms with Crippen molar-refractivity contribution < 1.29 is 19.4 Å². The summed E-state index contributed by atoms with van der Waals surface area (Å²) in [6.07, 6.45) is 1.47. The van der Waals surface area contributed by atoms with Gasteiger partial charge in [-0.2, -0.15) is 0 Å². The van der Waals surface area contributed by atoms with E-state index in [0.29, 0.717) is 18.8 Å². The van der Waals surface area contributed by atoms with E-state index in [9.17, 15) is 14.7 Å². The van der Waals surface area contributed by atoms with Crippen LogP contribution < -0.4 is 19.8 Å². The molecule has 1 aromatic heterocycles. The molecular formula is C20H25N3O5. The van der Waals surface area contributed by atoms with Crippen LogP contribution in [0, 0.1) is 0 Å². The Morgan fingerprint density at radius 3 is 2.32 bits per heavy atom. The monoisotopic (exact) mass is 387 g/mol. The van der Waals surface area contributed by atoms with E-state index in [-0.39, 0.29) is 30.2 Å². The first-order valence-corrected chi connectivity index (χ1v) is 9.10. The summed E-state index contributed by atoms with van der Waals surface area (Å²) >= 11 is 0. The summed E-state index contributed by atoms with van der Waals surface area (Å²) in [6, 6.07) is 9.17. The van der Waals surface area contributed by atoms with Gasteiger partial charge in [-0.15, -0.1) is 0 Å². The number of aromatic nitrogens is 1. The normalized spacial score (nSPS) is 14.1. The zero-order valence-electron chi connectivity index (χ0n) is 16.1. The number of hydrogen-bond donors (Lipinski definition) is 1. The number of carbonyl (C=O) groups is 1. The van der Waals surface area contributed by atoms with Crippen molar-refractivity contribution in [3.8, 4) is 11.5 Å². The molecule has 1 aliphatic heterocycles. The maximum absolute atomic E-state index is 12.7. The van der Waals surface area contributed by atoms with Gasteiger partial charge in [0.25, 0.3) is 0 Å². The van der Waals surface area contributed by atoms with Gasteiger partial charge in [0.05, 0.1) is 27.0 Å². The third-order valence-electron chi connectivity index (χ3n) is 4.94. The van der Waals surface area contributed by atoms with E-state index in [1.54, 1.807) is 16.6 Å². The first-order valence-electron chi connectivity index (χ1n) is 9.10. The Bertz CT molecular complexity index is 870. The van der Waals surface area contributed by atoms with Crippen molar-refractivity contribution in [2.45, 2.75) is 13.2 Å². The number of carbonyl (C=O) groups excluding carboxylic acids is 1. The molecule has 1 saturated heterocycles. The summed E-state index contributed by atoms with van der Waals surface area (Å²) in [6.45, 7) is 2.41. The summed E-state index contributed by atoms with van der Waals surface area (Å²) in [5.41, 5.74) is 1.17. The van der Waals surface area contributed by atoms with Gasteiger partial charge in [0, 0.05) is 43.6 Å². The lowest BCUT2D eigenvalue weighted by Crippen LogP contribution is -2.49. The van der Waals surface area contributed by atoms with Crippen LogP contribution in [0.2, 0.25) is 0 Å². The molecule has 0 unspecified atom stereocenters. The minimum atomic E-state index is -0.322. The number of anilines is 1. The molecule has 1 aromatic carbocycles. The van der Waals surface area contributed by atoms with E-state index >= 15 is 0 Å². The summed E-state index contributed by atoms with van der Waals surface area (Å²) in [7, 11) is 3.04. The van der Waals surface area contributed by atoms with E-state index < -0.39 is 0 Å². The zero-order chi connectivity index (χ0) is 20.1. The van der Waals surface area contributed by atoms with Crippen molar-refractivity contribution in [2.24, 2.45) is 0 Å². The smallest absolute Gasteiger partial charge is 0.242 e. The molecule has 3 rings (SSSR count). The molecule has 1 N–H and O–H groups in total. The van der Waals surface area contributed by atoms with Gasteiger partial charge in [-0.05, 0) is 24.3 Å². The van der Waals surface area contributed by atoms with Crippen molar-refractivity contribution in [1.82, 2.24) is 9.47 Å². The molecular weight excluding hydrogens is 362 g/mol. The van der Waals surface area contributed by atoms with E-state index in [1.165, 1.54) is 19.4 Å². The molecule has 8 heteroatoms. The summed E-state index contributed by atoms with van der Waals surface area (Å²) < 4.78 is 11.8. The SMILES string of the molecule is COc1ccc(N2CCN(C(=O)Cn3cc(OC)c(=O)cc3CO)CC2)cc1. The molecule has 1 amide bonds. The highest BCUT2D eigenvalue weighted by molar-refractivity contribution is 5.76. The average molecular weight is 387 g/mol. The van der Waals surface area contributed by atoms with E-state index in [0.717, 1.165) is 24.5 Å². The van der Waals surface area contributed by atoms with Gasteiger partial charge >= 0.3 is 0 Å². The van der Waals surface area contributed by atoms with E-state index in [4.69, 9.17) is 9.47 Å². The van der Waals surface area contributed by atoms with Gasteiger partial charge in [-0.3, -0.25) is 9.59 Å². The molecule has 0 aliphatic carbocycles. The van der Waals surface area contributed by atoms with Crippen LogP contribution in [0.3, 0.4) is 0 Å². The number of aliphatic hydroxyl groups excluding tert-OH is 1. The molecule has 150 valence electrons.